The number of morpholine rings is 1. The average Bonchev–Trinajstić information content (AvgIpc) is 3.56. The van der Waals surface area contributed by atoms with Crippen LogP contribution in [0.3, 0.4) is 0 Å². The minimum absolute atomic E-state index is 0.147. The van der Waals surface area contributed by atoms with E-state index in [9.17, 15) is 5.11 Å². The van der Waals surface area contributed by atoms with Crippen molar-refractivity contribution < 1.29 is 32.8 Å². The number of fused-ring (bicyclic) bond motifs is 2. The highest BCUT2D eigenvalue weighted by molar-refractivity contribution is 5.95. The third kappa shape index (κ3) is 4.11. The minimum Gasteiger partial charge on any atom is -0.470 e. The number of hydrogen-bond donors (Lipinski definition) is 2. The molecule has 0 aliphatic carbocycles. The van der Waals surface area contributed by atoms with Gasteiger partial charge < -0.3 is 33.9 Å². The molecule has 0 unspecified atom stereocenters. The van der Waals surface area contributed by atoms with E-state index < -0.39 is 29.9 Å². The Kier molecular flexibility index (Phi) is 6.08. The number of anilines is 1. The number of nitrogens with zero attached hydrogens (tertiary/aromatic N) is 3. The maximum atomic E-state index is 15.3. The SMILES string of the molecule is CN=Cc1cc2[nH]c(O[C@@H]3CO[C@H]4[C@@H]3OC[C@H]4O)cc2nc1-c1c(F)cc(N2CCOCC2)cc1F. The van der Waals surface area contributed by atoms with Crippen LogP contribution in [0.4, 0.5) is 14.5 Å². The lowest BCUT2D eigenvalue weighted by Gasteiger charge is -2.29. The molecule has 0 amide bonds. The number of pyridine rings is 1. The van der Waals surface area contributed by atoms with Crippen LogP contribution in [-0.4, -0.2) is 92.3 Å². The van der Waals surface area contributed by atoms with Crippen molar-refractivity contribution in [3.05, 3.63) is 41.5 Å². The van der Waals surface area contributed by atoms with Crippen LogP contribution in [0.1, 0.15) is 5.56 Å². The van der Waals surface area contributed by atoms with E-state index in [0.717, 1.165) is 0 Å². The second kappa shape index (κ2) is 9.40. The van der Waals surface area contributed by atoms with Gasteiger partial charge in [-0.25, -0.2) is 13.8 Å². The first-order valence-corrected chi connectivity index (χ1v) is 11.9. The number of rotatable bonds is 5. The van der Waals surface area contributed by atoms with Gasteiger partial charge in [0.25, 0.3) is 0 Å². The maximum absolute atomic E-state index is 15.3. The number of aromatic amines is 1. The van der Waals surface area contributed by atoms with Crippen LogP contribution in [0.25, 0.3) is 22.3 Å². The smallest absolute Gasteiger partial charge is 0.193 e. The predicted molar refractivity (Wildman–Crippen MR) is 128 cm³/mol. The molecule has 0 radical (unpaired) electrons. The molecule has 3 aromatic rings. The van der Waals surface area contributed by atoms with Gasteiger partial charge in [-0.1, -0.05) is 0 Å². The summed E-state index contributed by atoms with van der Waals surface area (Å²) >= 11 is 0. The molecule has 3 fully saturated rings. The summed E-state index contributed by atoms with van der Waals surface area (Å²) in [5.74, 6) is -0.990. The van der Waals surface area contributed by atoms with Crippen molar-refractivity contribution in [2.24, 2.45) is 4.99 Å². The lowest BCUT2D eigenvalue weighted by Crippen LogP contribution is -2.36. The number of aliphatic hydroxyl groups is 1. The van der Waals surface area contributed by atoms with Gasteiger partial charge in [0.2, 0.25) is 0 Å². The van der Waals surface area contributed by atoms with Gasteiger partial charge in [-0.2, -0.15) is 0 Å². The Labute approximate surface area is 205 Å². The third-order valence-electron chi connectivity index (χ3n) is 6.78. The van der Waals surface area contributed by atoms with Crippen molar-refractivity contribution in [1.82, 2.24) is 9.97 Å². The highest BCUT2D eigenvalue weighted by Crippen LogP contribution is 2.35. The molecule has 0 spiro atoms. The van der Waals surface area contributed by atoms with Gasteiger partial charge in [0.15, 0.2) is 12.0 Å². The Balaban J connectivity index is 1.34. The normalized spacial score (nSPS) is 26.3. The molecule has 190 valence electrons. The van der Waals surface area contributed by atoms with E-state index in [4.69, 9.17) is 18.9 Å². The number of hydrogen-bond acceptors (Lipinski definition) is 8. The van der Waals surface area contributed by atoms with Gasteiger partial charge in [-0.15, -0.1) is 0 Å². The van der Waals surface area contributed by atoms with Crippen molar-refractivity contribution in [3.8, 4) is 17.1 Å². The number of halogens is 2. The zero-order chi connectivity index (χ0) is 24.8. The summed E-state index contributed by atoms with van der Waals surface area (Å²) in [6.07, 6.45) is -0.347. The summed E-state index contributed by atoms with van der Waals surface area (Å²) in [7, 11) is 1.58. The molecular weight excluding hydrogens is 474 g/mol. The molecule has 9 nitrogen and oxygen atoms in total. The van der Waals surface area contributed by atoms with Gasteiger partial charge >= 0.3 is 0 Å². The summed E-state index contributed by atoms with van der Waals surface area (Å²) in [5.41, 5.74) is 1.96. The molecule has 0 saturated carbocycles. The third-order valence-corrected chi connectivity index (χ3v) is 6.78. The molecule has 36 heavy (non-hydrogen) atoms. The molecule has 0 bridgehead atoms. The van der Waals surface area contributed by atoms with E-state index in [0.29, 0.717) is 54.5 Å². The second-order valence-corrected chi connectivity index (χ2v) is 9.08. The number of aliphatic imine (C=N–C) groups is 1. The first-order valence-electron chi connectivity index (χ1n) is 11.9. The van der Waals surface area contributed by atoms with E-state index in [2.05, 4.69) is 15.0 Å². The fourth-order valence-corrected chi connectivity index (χ4v) is 5.05. The van der Waals surface area contributed by atoms with Crippen LogP contribution in [0.15, 0.2) is 29.3 Å². The summed E-state index contributed by atoms with van der Waals surface area (Å²) in [6, 6.07) is 6.07. The van der Waals surface area contributed by atoms with Crippen LogP contribution in [0.5, 0.6) is 5.88 Å². The van der Waals surface area contributed by atoms with Crippen molar-refractivity contribution in [3.63, 3.8) is 0 Å². The molecule has 2 aromatic heterocycles. The molecule has 4 atom stereocenters. The number of aromatic nitrogens is 2. The van der Waals surface area contributed by atoms with E-state index in [-0.39, 0.29) is 30.6 Å². The monoisotopic (exact) mass is 500 g/mol. The lowest BCUT2D eigenvalue weighted by molar-refractivity contribution is 0.00794. The van der Waals surface area contributed by atoms with E-state index in [1.54, 1.807) is 19.2 Å². The molecule has 2 N–H and O–H groups in total. The van der Waals surface area contributed by atoms with E-state index >= 15 is 8.78 Å². The summed E-state index contributed by atoms with van der Waals surface area (Å²) in [4.78, 5) is 13.7. The number of ether oxygens (including phenoxy) is 4. The predicted octanol–water partition coefficient (Wildman–Crippen LogP) is 2.30. The van der Waals surface area contributed by atoms with Crippen molar-refractivity contribution in [2.45, 2.75) is 24.4 Å². The zero-order valence-electron chi connectivity index (χ0n) is 19.6. The Morgan fingerprint density at radius 1 is 1.11 bits per heavy atom. The largest absolute Gasteiger partial charge is 0.470 e. The number of H-pyrrole nitrogens is 1. The number of benzene rings is 1. The first-order chi connectivity index (χ1) is 17.5. The van der Waals surface area contributed by atoms with E-state index in [1.165, 1.54) is 18.3 Å². The van der Waals surface area contributed by atoms with Gasteiger partial charge in [0.05, 0.1) is 48.7 Å². The van der Waals surface area contributed by atoms with Gasteiger partial charge in [-0.3, -0.25) is 4.99 Å². The average molecular weight is 501 g/mol. The molecule has 1 aromatic carbocycles. The Bertz CT molecular complexity index is 1290. The number of nitrogens with one attached hydrogen (secondary N) is 1. The highest BCUT2D eigenvalue weighted by Gasteiger charge is 2.48. The quantitative estimate of drug-likeness (QED) is 0.519. The Hall–Kier alpha value is -3.12. The van der Waals surface area contributed by atoms with Gasteiger partial charge in [-0.05, 0) is 18.2 Å². The van der Waals surface area contributed by atoms with Crippen LogP contribution < -0.4 is 9.64 Å². The molecule has 3 saturated heterocycles. The lowest BCUT2D eigenvalue weighted by atomic mass is 10.0. The van der Waals surface area contributed by atoms with Crippen LogP contribution >= 0.6 is 0 Å². The van der Waals surface area contributed by atoms with Gasteiger partial charge in [0.1, 0.15) is 29.9 Å². The van der Waals surface area contributed by atoms with Crippen molar-refractivity contribution in [2.75, 3.05) is 51.5 Å². The minimum atomic E-state index is -0.702. The standard InChI is InChI=1S/C25H26F2N4O5/c1-28-10-13-6-17-18(9-21(29-17)36-20-12-35-24-19(32)11-34-25(20)24)30-23(13)22-15(26)7-14(8-16(22)27)31-2-4-33-5-3-31/h6-10,19-20,24-25,29,32H,2-5,11-12H2,1H3/t19-,20-,24-,25-/m1/s1. The zero-order valence-corrected chi connectivity index (χ0v) is 19.6. The fourth-order valence-electron chi connectivity index (χ4n) is 5.05. The van der Waals surface area contributed by atoms with Crippen LogP contribution in [-0.2, 0) is 14.2 Å². The Morgan fingerprint density at radius 3 is 2.61 bits per heavy atom. The maximum Gasteiger partial charge on any atom is 0.193 e. The number of aliphatic hydroxyl groups excluding tert-OH is 1. The molecule has 3 aliphatic rings. The van der Waals surface area contributed by atoms with Gasteiger partial charge in [0, 0.05) is 43.7 Å². The second-order valence-electron chi connectivity index (χ2n) is 9.08. The Morgan fingerprint density at radius 2 is 1.86 bits per heavy atom. The molecule has 11 heteroatoms. The highest BCUT2D eigenvalue weighted by atomic mass is 19.1. The molecule has 3 aliphatic heterocycles. The van der Waals surface area contributed by atoms with Crippen LogP contribution in [0.2, 0.25) is 0 Å². The summed E-state index contributed by atoms with van der Waals surface area (Å²) in [6.45, 7) is 2.65. The fraction of sp³-hybridized carbons (Fsp3) is 0.440. The summed E-state index contributed by atoms with van der Waals surface area (Å²) < 4.78 is 53.3. The van der Waals surface area contributed by atoms with E-state index in [1.807, 2.05) is 4.90 Å². The molecular formula is C25H26F2N4O5. The topological polar surface area (TPSA) is 101 Å². The summed E-state index contributed by atoms with van der Waals surface area (Å²) in [5, 5.41) is 9.95. The van der Waals surface area contributed by atoms with Crippen LogP contribution in [0, 0.1) is 11.6 Å². The molecule has 5 heterocycles. The van der Waals surface area contributed by atoms with Crippen molar-refractivity contribution >= 4 is 22.9 Å². The van der Waals surface area contributed by atoms with Crippen molar-refractivity contribution in [1.29, 1.82) is 0 Å². The molecule has 6 rings (SSSR count). The first kappa shape index (κ1) is 23.3.